The molecule has 0 atom stereocenters. The molecular formula is C25H21FN2O4. The van der Waals surface area contributed by atoms with Gasteiger partial charge in [-0.25, -0.2) is 4.39 Å². The maximum atomic E-state index is 14.7. The lowest BCUT2D eigenvalue weighted by Gasteiger charge is -2.14. The molecule has 162 valence electrons. The highest BCUT2D eigenvalue weighted by molar-refractivity contribution is 6.07. The third-order valence-corrected chi connectivity index (χ3v) is 5.51. The molecule has 0 saturated heterocycles. The van der Waals surface area contributed by atoms with E-state index in [1.165, 1.54) is 14.2 Å². The summed E-state index contributed by atoms with van der Waals surface area (Å²) in [5.74, 6) is 0.743. The zero-order valence-corrected chi connectivity index (χ0v) is 17.6. The highest BCUT2D eigenvalue weighted by Gasteiger charge is 2.24. The van der Waals surface area contributed by atoms with Crippen molar-refractivity contribution in [2.75, 3.05) is 14.2 Å². The van der Waals surface area contributed by atoms with E-state index in [0.717, 1.165) is 29.8 Å². The Hall–Kier alpha value is -3.87. The number of aromatic nitrogens is 1. The van der Waals surface area contributed by atoms with Crippen molar-refractivity contribution in [2.45, 2.75) is 18.9 Å². The third-order valence-electron chi connectivity index (χ3n) is 5.51. The molecule has 1 aliphatic carbocycles. The molecule has 1 aliphatic rings. The van der Waals surface area contributed by atoms with E-state index in [2.05, 4.69) is 10.3 Å². The molecule has 1 amide bonds. The zero-order chi connectivity index (χ0) is 22.2. The van der Waals surface area contributed by atoms with E-state index >= 15 is 0 Å². The van der Waals surface area contributed by atoms with E-state index in [-0.39, 0.29) is 17.7 Å². The Kier molecular flexibility index (Phi) is 5.01. The summed E-state index contributed by atoms with van der Waals surface area (Å²) in [7, 11) is 3.04. The number of halogens is 1. The van der Waals surface area contributed by atoms with Gasteiger partial charge in [0.1, 0.15) is 5.75 Å². The minimum atomic E-state index is -0.595. The normalized spacial score (nSPS) is 13.2. The number of nitrogens with zero attached hydrogens (tertiary/aromatic N) is 1. The molecule has 1 heterocycles. The fraction of sp³-hybridized carbons (Fsp3) is 0.200. The maximum absolute atomic E-state index is 14.7. The molecule has 0 bridgehead atoms. The maximum Gasteiger partial charge on any atom is 0.252 e. The van der Waals surface area contributed by atoms with Crippen LogP contribution in [0.4, 0.5) is 4.39 Å². The van der Waals surface area contributed by atoms with Gasteiger partial charge in [0.05, 0.1) is 25.9 Å². The quantitative estimate of drug-likeness (QED) is 0.452. The largest absolute Gasteiger partial charge is 0.493 e. The number of amides is 1. The van der Waals surface area contributed by atoms with E-state index in [4.69, 9.17) is 14.2 Å². The van der Waals surface area contributed by atoms with Gasteiger partial charge in [-0.05, 0) is 53.9 Å². The Morgan fingerprint density at radius 2 is 1.81 bits per heavy atom. The van der Waals surface area contributed by atoms with Crippen LogP contribution in [0.1, 0.15) is 23.2 Å². The smallest absolute Gasteiger partial charge is 0.252 e. The number of benzene rings is 3. The van der Waals surface area contributed by atoms with Crippen LogP contribution in [-0.4, -0.2) is 31.2 Å². The monoisotopic (exact) mass is 432 g/mol. The number of ether oxygens (including phenoxy) is 3. The topological polar surface area (TPSA) is 69.7 Å². The molecule has 0 spiro atoms. The summed E-state index contributed by atoms with van der Waals surface area (Å²) in [6, 6.07) is 14.4. The van der Waals surface area contributed by atoms with Crippen molar-refractivity contribution in [3.05, 3.63) is 66.1 Å². The molecule has 7 heteroatoms. The summed E-state index contributed by atoms with van der Waals surface area (Å²) < 4.78 is 31.3. The number of carbonyl (C=O) groups is 1. The van der Waals surface area contributed by atoms with Gasteiger partial charge < -0.3 is 19.5 Å². The van der Waals surface area contributed by atoms with Crippen LogP contribution < -0.4 is 19.5 Å². The lowest BCUT2D eigenvalue weighted by atomic mass is 10.0. The summed E-state index contributed by atoms with van der Waals surface area (Å²) in [6.07, 6.45) is 3.16. The van der Waals surface area contributed by atoms with Crippen molar-refractivity contribution in [3.63, 3.8) is 0 Å². The van der Waals surface area contributed by atoms with Crippen LogP contribution in [-0.2, 0) is 0 Å². The molecular weight excluding hydrogens is 411 g/mol. The first kappa shape index (κ1) is 20.1. The second-order valence-electron chi connectivity index (χ2n) is 7.70. The molecule has 1 aromatic heterocycles. The van der Waals surface area contributed by atoms with Crippen molar-refractivity contribution < 1.29 is 23.4 Å². The zero-order valence-electron chi connectivity index (χ0n) is 17.6. The predicted molar refractivity (Wildman–Crippen MR) is 119 cm³/mol. The third kappa shape index (κ3) is 3.66. The van der Waals surface area contributed by atoms with Gasteiger partial charge in [-0.15, -0.1) is 0 Å². The Morgan fingerprint density at radius 3 is 2.56 bits per heavy atom. The summed E-state index contributed by atoms with van der Waals surface area (Å²) >= 11 is 0. The van der Waals surface area contributed by atoms with Crippen molar-refractivity contribution in [1.82, 2.24) is 10.3 Å². The highest BCUT2D eigenvalue weighted by atomic mass is 19.1. The number of hydrogen-bond acceptors (Lipinski definition) is 5. The Labute approximate surface area is 183 Å². The molecule has 4 aromatic rings. The molecule has 1 fully saturated rings. The van der Waals surface area contributed by atoms with Crippen LogP contribution in [0.25, 0.3) is 21.7 Å². The van der Waals surface area contributed by atoms with Crippen LogP contribution >= 0.6 is 0 Å². The minimum Gasteiger partial charge on any atom is -0.493 e. The summed E-state index contributed by atoms with van der Waals surface area (Å²) in [6.45, 7) is 0. The van der Waals surface area contributed by atoms with Gasteiger partial charge in [0.2, 0.25) is 0 Å². The van der Waals surface area contributed by atoms with Crippen LogP contribution in [0.3, 0.4) is 0 Å². The average molecular weight is 432 g/mol. The number of nitrogens with one attached hydrogen (secondary N) is 1. The van der Waals surface area contributed by atoms with Crippen LogP contribution in [0.2, 0.25) is 0 Å². The van der Waals surface area contributed by atoms with E-state index in [9.17, 15) is 9.18 Å². The molecule has 6 nitrogen and oxygen atoms in total. The minimum absolute atomic E-state index is 0.0398. The number of rotatable bonds is 6. The molecule has 0 unspecified atom stereocenters. The van der Waals surface area contributed by atoms with Crippen LogP contribution in [0.15, 0.2) is 54.7 Å². The van der Waals surface area contributed by atoms with Gasteiger partial charge in [0.15, 0.2) is 23.1 Å². The summed E-state index contributed by atoms with van der Waals surface area (Å²) in [5, 5.41) is 5.11. The number of fused-ring (bicyclic) bond motifs is 2. The Balaban J connectivity index is 1.54. The van der Waals surface area contributed by atoms with E-state index in [1.807, 2.05) is 18.2 Å². The van der Waals surface area contributed by atoms with Gasteiger partial charge in [-0.3, -0.25) is 9.78 Å². The van der Waals surface area contributed by atoms with Crippen molar-refractivity contribution >= 4 is 27.6 Å². The molecule has 1 N–H and O–H groups in total. The van der Waals surface area contributed by atoms with Gasteiger partial charge in [0, 0.05) is 23.1 Å². The molecule has 3 aromatic carbocycles. The van der Waals surface area contributed by atoms with E-state index in [1.54, 1.807) is 30.3 Å². The van der Waals surface area contributed by atoms with E-state index < -0.39 is 5.82 Å². The second kappa shape index (κ2) is 8.00. The van der Waals surface area contributed by atoms with Gasteiger partial charge in [0.25, 0.3) is 5.91 Å². The number of hydrogen-bond donors (Lipinski definition) is 1. The number of methoxy groups -OCH3 is 2. The second-order valence-corrected chi connectivity index (χ2v) is 7.70. The lowest BCUT2D eigenvalue weighted by Crippen LogP contribution is -2.25. The predicted octanol–water partition coefficient (Wildman–Crippen LogP) is 5.23. The molecule has 1 saturated carbocycles. The van der Waals surface area contributed by atoms with Crippen molar-refractivity contribution in [3.8, 4) is 23.0 Å². The lowest BCUT2D eigenvalue weighted by molar-refractivity contribution is 0.0952. The first-order chi connectivity index (χ1) is 15.6. The Morgan fingerprint density at radius 1 is 1.03 bits per heavy atom. The first-order valence-electron chi connectivity index (χ1n) is 10.3. The first-order valence-corrected chi connectivity index (χ1v) is 10.3. The van der Waals surface area contributed by atoms with Gasteiger partial charge >= 0.3 is 0 Å². The summed E-state index contributed by atoms with van der Waals surface area (Å²) in [4.78, 5) is 16.7. The number of carbonyl (C=O) groups excluding carboxylic acids is 1. The van der Waals surface area contributed by atoms with Crippen LogP contribution in [0, 0.1) is 5.82 Å². The highest BCUT2D eigenvalue weighted by Crippen LogP contribution is 2.39. The molecule has 0 aliphatic heterocycles. The number of pyridine rings is 1. The van der Waals surface area contributed by atoms with Crippen molar-refractivity contribution in [2.24, 2.45) is 0 Å². The van der Waals surface area contributed by atoms with Gasteiger partial charge in [-0.1, -0.05) is 12.1 Å². The van der Waals surface area contributed by atoms with E-state index in [0.29, 0.717) is 33.7 Å². The average Bonchev–Trinajstić information content (AvgIpc) is 3.63. The summed E-state index contributed by atoms with van der Waals surface area (Å²) in [5.41, 5.74) is 1.12. The molecule has 5 rings (SSSR count). The molecule has 0 radical (unpaired) electrons. The van der Waals surface area contributed by atoms with Crippen molar-refractivity contribution in [1.29, 1.82) is 0 Å². The fourth-order valence-corrected chi connectivity index (χ4v) is 3.71. The standard InChI is InChI=1S/C25H21FN2O4/c1-30-22-11-19-21(12-23(22)31-2)27-13-20(26)24(19)32-16-8-9-17-14(10-16)4-3-5-18(17)25(29)28-15-6-7-15/h3-5,8-13,15H,6-7H2,1-2H3,(H,28,29). The van der Waals surface area contributed by atoms with Gasteiger partial charge in [-0.2, -0.15) is 0 Å². The van der Waals surface area contributed by atoms with Crippen LogP contribution in [0.5, 0.6) is 23.0 Å². The molecule has 32 heavy (non-hydrogen) atoms. The Bertz CT molecular complexity index is 1350. The fourth-order valence-electron chi connectivity index (χ4n) is 3.71. The SMILES string of the molecule is COc1cc2ncc(F)c(Oc3ccc4c(C(=O)NC5CC5)cccc4c3)c2cc1OC.